The van der Waals surface area contributed by atoms with Crippen LogP contribution in [-0.2, 0) is 4.79 Å². The van der Waals surface area contributed by atoms with Crippen molar-refractivity contribution in [3.8, 4) is 6.01 Å². The maximum atomic E-state index is 11.4. The number of carbonyl (C=O) groups is 1. The van der Waals surface area contributed by atoms with Gasteiger partial charge in [0.2, 0.25) is 11.2 Å². The highest BCUT2D eigenvalue weighted by atomic mass is 35.5. The third-order valence-corrected chi connectivity index (χ3v) is 4.44. The number of methoxy groups -OCH3 is 1. The summed E-state index contributed by atoms with van der Waals surface area (Å²) in [5, 5.41) is 12.5. The van der Waals surface area contributed by atoms with Crippen LogP contribution in [0.25, 0.3) is 0 Å². The molecule has 3 rings (SSSR count). The van der Waals surface area contributed by atoms with Crippen molar-refractivity contribution in [2.75, 3.05) is 12.4 Å². The van der Waals surface area contributed by atoms with Crippen LogP contribution in [0.1, 0.15) is 19.3 Å². The standard InChI is InChI=1S/C12H15ClN4O3/c1-20-12-16-10(13)15-11(17-12)14-8-6-3-2-5(4-6)7(8)9(18)19/h5-8H,2-4H2,1H3,(H,18,19)(H,14,15,16,17). The Bertz CT molecular complexity index is 541. The zero-order valence-corrected chi connectivity index (χ0v) is 11.7. The van der Waals surface area contributed by atoms with Gasteiger partial charge in [0.15, 0.2) is 0 Å². The van der Waals surface area contributed by atoms with Gasteiger partial charge < -0.3 is 15.2 Å². The van der Waals surface area contributed by atoms with E-state index in [4.69, 9.17) is 16.3 Å². The molecule has 4 atom stereocenters. The Hall–Kier alpha value is -1.63. The number of nitrogens with one attached hydrogen (secondary N) is 1. The molecule has 2 bridgehead atoms. The predicted molar refractivity (Wildman–Crippen MR) is 70.8 cm³/mol. The van der Waals surface area contributed by atoms with E-state index in [1.54, 1.807) is 0 Å². The van der Waals surface area contributed by atoms with Crippen molar-refractivity contribution in [2.45, 2.75) is 25.3 Å². The highest BCUT2D eigenvalue weighted by Gasteiger charge is 2.51. The topological polar surface area (TPSA) is 97.2 Å². The van der Waals surface area contributed by atoms with E-state index >= 15 is 0 Å². The van der Waals surface area contributed by atoms with Crippen molar-refractivity contribution in [2.24, 2.45) is 17.8 Å². The summed E-state index contributed by atoms with van der Waals surface area (Å²) >= 11 is 5.79. The van der Waals surface area contributed by atoms with Crippen molar-refractivity contribution < 1.29 is 14.6 Å². The Morgan fingerprint density at radius 3 is 2.80 bits per heavy atom. The first-order chi connectivity index (χ1) is 9.58. The summed E-state index contributed by atoms with van der Waals surface area (Å²) in [5.41, 5.74) is 0. The SMILES string of the molecule is COc1nc(Cl)nc(NC2C3CCC(C3)C2C(=O)O)n1. The van der Waals surface area contributed by atoms with Gasteiger partial charge in [0.1, 0.15) is 0 Å². The molecule has 2 N–H and O–H groups in total. The van der Waals surface area contributed by atoms with Gasteiger partial charge in [0.05, 0.1) is 13.0 Å². The first-order valence-electron chi connectivity index (χ1n) is 6.53. The minimum atomic E-state index is -0.762. The molecule has 1 aromatic rings. The quantitative estimate of drug-likeness (QED) is 0.868. The van der Waals surface area contributed by atoms with Crippen LogP contribution in [0.5, 0.6) is 6.01 Å². The average molecular weight is 299 g/mol. The van der Waals surface area contributed by atoms with Gasteiger partial charge >= 0.3 is 12.0 Å². The number of hydrogen-bond donors (Lipinski definition) is 2. The number of nitrogens with zero attached hydrogens (tertiary/aromatic N) is 3. The van der Waals surface area contributed by atoms with Gasteiger partial charge in [-0.15, -0.1) is 0 Å². The van der Waals surface area contributed by atoms with Crippen LogP contribution >= 0.6 is 11.6 Å². The van der Waals surface area contributed by atoms with Crippen LogP contribution in [0.15, 0.2) is 0 Å². The summed E-state index contributed by atoms with van der Waals surface area (Å²) in [4.78, 5) is 23.3. The summed E-state index contributed by atoms with van der Waals surface area (Å²) in [5.74, 6) is -0.292. The molecule has 4 unspecified atom stereocenters. The smallest absolute Gasteiger partial charge is 0.322 e. The van der Waals surface area contributed by atoms with Crippen molar-refractivity contribution in [1.29, 1.82) is 0 Å². The molecule has 2 fully saturated rings. The third-order valence-electron chi connectivity index (χ3n) is 4.27. The first kappa shape index (κ1) is 13.4. The number of ether oxygens (including phenoxy) is 1. The van der Waals surface area contributed by atoms with Gasteiger partial charge in [-0.05, 0) is 42.7 Å². The zero-order chi connectivity index (χ0) is 14.3. The molecule has 1 heterocycles. The van der Waals surface area contributed by atoms with E-state index in [9.17, 15) is 9.90 Å². The number of carboxylic acid groups (broad SMARTS) is 1. The van der Waals surface area contributed by atoms with Gasteiger partial charge in [0.25, 0.3) is 0 Å². The predicted octanol–water partition coefficient (Wildman–Crippen LogP) is 1.44. The van der Waals surface area contributed by atoms with Crippen molar-refractivity contribution in [3.63, 3.8) is 0 Å². The van der Waals surface area contributed by atoms with Crippen molar-refractivity contribution in [3.05, 3.63) is 5.28 Å². The van der Waals surface area contributed by atoms with Gasteiger partial charge in [-0.1, -0.05) is 0 Å². The fourth-order valence-corrected chi connectivity index (χ4v) is 3.64. The molecule has 0 amide bonds. The molecule has 0 aliphatic heterocycles. The summed E-state index contributed by atoms with van der Waals surface area (Å²) in [7, 11) is 1.44. The molecule has 2 aliphatic rings. The number of aromatic nitrogens is 3. The number of rotatable bonds is 4. The number of hydrogen-bond acceptors (Lipinski definition) is 6. The number of aliphatic carboxylic acids is 1. The van der Waals surface area contributed by atoms with E-state index in [0.717, 1.165) is 19.3 Å². The van der Waals surface area contributed by atoms with Crippen molar-refractivity contribution in [1.82, 2.24) is 15.0 Å². The van der Waals surface area contributed by atoms with Crippen LogP contribution in [-0.4, -0.2) is 39.2 Å². The van der Waals surface area contributed by atoms with Gasteiger partial charge in [0, 0.05) is 6.04 Å². The minimum absolute atomic E-state index is 0.0226. The Balaban J connectivity index is 1.83. The second-order valence-corrected chi connectivity index (χ2v) is 5.62. The molecule has 0 radical (unpaired) electrons. The van der Waals surface area contributed by atoms with Crippen molar-refractivity contribution >= 4 is 23.5 Å². The van der Waals surface area contributed by atoms with Crippen LogP contribution in [0.2, 0.25) is 5.28 Å². The maximum Gasteiger partial charge on any atom is 0.322 e. The van der Waals surface area contributed by atoms with Crippen LogP contribution in [0, 0.1) is 17.8 Å². The molecular formula is C12H15ClN4O3. The first-order valence-corrected chi connectivity index (χ1v) is 6.91. The Morgan fingerprint density at radius 1 is 1.35 bits per heavy atom. The Labute approximate surface area is 120 Å². The average Bonchev–Trinajstić information content (AvgIpc) is 2.98. The Kier molecular flexibility index (Phi) is 3.37. The number of fused-ring (bicyclic) bond motifs is 2. The highest BCUT2D eigenvalue weighted by molar-refractivity contribution is 6.28. The van der Waals surface area contributed by atoms with E-state index in [-0.39, 0.29) is 29.2 Å². The fourth-order valence-electron chi connectivity index (χ4n) is 3.49. The lowest BCUT2D eigenvalue weighted by Crippen LogP contribution is -2.39. The number of anilines is 1. The highest BCUT2D eigenvalue weighted by Crippen LogP contribution is 2.49. The lowest BCUT2D eigenvalue weighted by molar-refractivity contribution is -0.143. The number of carboxylic acids is 1. The molecule has 2 saturated carbocycles. The van der Waals surface area contributed by atoms with Crippen LogP contribution < -0.4 is 10.1 Å². The third kappa shape index (κ3) is 2.26. The molecule has 108 valence electrons. The van der Waals surface area contributed by atoms with E-state index in [1.807, 2.05) is 0 Å². The largest absolute Gasteiger partial charge is 0.481 e. The Morgan fingerprint density at radius 2 is 2.10 bits per heavy atom. The molecule has 20 heavy (non-hydrogen) atoms. The monoisotopic (exact) mass is 298 g/mol. The molecule has 1 aromatic heterocycles. The molecule has 2 aliphatic carbocycles. The normalized spacial score (nSPS) is 31.3. The summed E-state index contributed by atoms with van der Waals surface area (Å²) in [6.07, 6.45) is 2.98. The van der Waals surface area contributed by atoms with E-state index < -0.39 is 11.9 Å². The van der Waals surface area contributed by atoms with Gasteiger partial charge in [-0.3, -0.25) is 4.79 Å². The maximum absolute atomic E-state index is 11.4. The molecule has 0 aromatic carbocycles. The summed E-state index contributed by atoms with van der Waals surface area (Å²) in [6, 6.07) is -0.0445. The molecule has 0 saturated heterocycles. The number of halogens is 1. The molecule has 8 heteroatoms. The lowest BCUT2D eigenvalue weighted by atomic mass is 9.84. The van der Waals surface area contributed by atoms with Gasteiger partial charge in [-0.2, -0.15) is 15.0 Å². The zero-order valence-electron chi connectivity index (χ0n) is 10.9. The van der Waals surface area contributed by atoms with Crippen LogP contribution in [0.3, 0.4) is 0 Å². The second kappa shape index (κ2) is 5.05. The summed E-state index contributed by atoms with van der Waals surface area (Å²) < 4.78 is 4.93. The lowest BCUT2D eigenvalue weighted by Gasteiger charge is -2.28. The second-order valence-electron chi connectivity index (χ2n) is 5.28. The van der Waals surface area contributed by atoms with E-state index in [1.165, 1.54) is 7.11 Å². The molecular weight excluding hydrogens is 284 g/mol. The van der Waals surface area contributed by atoms with E-state index in [0.29, 0.717) is 5.92 Å². The van der Waals surface area contributed by atoms with E-state index in [2.05, 4.69) is 20.3 Å². The van der Waals surface area contributed by atoms with Crippen LogP contribution in [0.4, 0.5) is 5.95 Å². The summed E-state index contributed by atoms with van der Waals surface area (Å²) in [6.45, 7) is 0. The fraction of sp³-hybridized carbons (Fsp3) is 0.667. The molecule has 0 spiro atoms. The van der Waals surface area contributed by atoms with Gasteiger partial charge in [-0.25, -0.2) is 0 Å². The minimum Gasteiger partial charge on any atom is -0.481 e. The molecule has 7 nitrogen and oxygen atoms in total.